The molecule has 0 aliphatic carbocycles. The lowest BCUT2D eigenvalue weighted by molar-refractivity contribution is 0.183. The Balaban J connectivity index is 2.45. The van der Waals surface area contributed by atoms with Crippen LogP contribution in [0.15, 0.2) is 18.2 Å². The Morgan fingerprint density at radius 1 is 1.00 bits per heavy atom. The number of aryl methyl sites for hydroxylation is 1. The Kier molecular flexibility index (Phi) is 9.04. The van der Waals surface area contributed by atoms with Crippen molar-refractivity contribution >= 4 is 0 Å². The molecule has 0 heterocycles. The van der Waals surface area contributed by atoms with E-state index in [0.717, 1.165) is 51.5 Å². The summed E-state index contributed by atoms with van der Waals surface area (Å²) in [6.45, 7) is 5.99. The van der Waals surface area contributed by atoms with Crippen LogP contribution in [0.2, 0.25) is 0 Å². The van der Waals surface area contributed by atoms with E-state index in [0.29, 0.717) is 0 Å². The molecule has 0 saturated carbocycles. The van der Waals surface area contributed by atoms with Gasteiger partial charge in [-0.3, -0.25) is 0 Å². The number of nitrogens with one attached hydrogen (secondary N) is 1. The molecule has 0 amide bonds. The van der Waals surface area contributed by atoms with Gasteiger partial charge >= 0.3 is 0 Å². The molecule has 1 aromatic carbocycles. The summed E-state index contributed by atoms with van der Waals surface area (Å²) in [6, 6.07) is 6.26. The fraction of sp³-hybridized carbons (Fsp3) is 0.625. The highest BCUT2D eigenvalue weighted by molar-refractivity contribution is 5.40. The van der Waals surface area contributed by atoms with E-state index in [1.165, 1.54) is 11.1 Å². The molecule has 0 radical (unpaired) electrons. The van der Waals surface area contributed by atoms with Crippen LogP contribution in [0, 0.1) is 6.92 Å². The number of methoxy groups -OCH3 is 2. The van der Waals surface area contributed by atoms with Gasteiger partial charge in [0.15, 0.2) is 0 Å². The molecule has 0 atom stereocenters. The molecule has 0 aromatic heterocycles. The lowest BCUT2D eigenvalue weighted by Crippen LogP contribution is -2.19. The van der Waals surface area contributed by atoms with Crippen LogP contribution in [0.25, 0.3) is 0 Å². The molecule has 0 fully saturated rings. The number of ether oxygens (including phenoxy) is 3. The second-order valence-corrected chi connectivity index (χ2v) is 4.78. The Labute approximate surface area is 122 Å². The molecule has 0 bridgehead atoms. The van der Waals surface area contributed by atoms with E-state index in [1.807, 2.05) is 0 Å². The Morgan fingerprint density at radius 3 is 2.50 bits per heavy atom. The second kappa shape index (κ2) is 10.7. The van der Waals surface area contributed by atoms with Crippen LogP contribution in [0.5, 0.6) is 5.75 Å². The van der Waals surface area contributed by atoms with Crippen molar-refractivity contribution in [3.63, 3.8) is 0 Å². The topological polar surface area (TPSA) is 39.7 Å². The van der Waals surface area contributed by atoms with E-state index >= 15 is 0 Å². The Hall–Kier alpha value is -1.10. The van der Waals surface area contributed by atoms with Crippen LogP contribution in [-0.2, 0) is 16.0 Å². The monoisotopic (exact) mass is 281 g/mol. The molecule has 0 aliphatic heterocycles. The summed E-state index contributed by atoms with van der Waals surface area (Å²) in [5.74, 6) is 1.01. The van der Waals surface area contributed by atoms with Crippen molar-refractivity contribution < 1.29 is 14.2 Å². The summed E-state index contributed by atoms with van der Waals surface area (Å²) >= 11 is 0. The van der Waals surface area contributed by atoms with Crippen molar-refractivity contribution in [2.75, 3.05) is 40.6 Å². The van der Waals surface area contributed by atoms with Crippen molar-refractivity contribution in [3.05, 3.63) is 29.3 Å². The highest BCUT2D eigenvalue weighted by atomic mass is 16.5. The number of rotatable bonds is 11. The van der Waals surface area contributed by atoms with Crippen molar-refractivity contribution in [1.82, 2.24) is 5.32 Å². The zero-order valence-corrected chi connectivity index (χ0v) is 12.9. The lowest BCUT2D eigenvalue weighted by Gasteiger charge is -2.14. The van der Waals surface area contributed by atoms with Crippen LogP contribution >= 0.6 is 0 Å². The van der Waals surface area contributed by atoms with Gasteiger partial charge in [0, 0.05) is 39.5 Å². The first-order valence-electron chi connectivity index (χ1n) is 7.19. The highest BCUT2D eigenvalue weighted by Gasteiger charge is 2.06. The summed E-state index contributed by atoms with van der Waals surface area (Å²) in [5, 5.41) is 3.36. The van der Waals surface area contributed by atoms with Gasteiger partial charge in [0.25, 0.3) is 0 Å². The summed E-state index contributed by atoms with van der Waals surface area (Å²) in [6.07, 6.45) is 2.04. The first-order chi connectivity index (χ1) is 9.79. The SMILES string of the molecule is COCCCCOc1c(C)cccc1CNCCOC. The van der Waals surface area contributed by atoms with Gasteiger partial charge in [0.2, 0.25) is 0 Å². The average molecular weight is 281 g/mol. The molecule has 1 aromatic rings. The van der Waals surface area contributed by atoms with Gasteiger partial charge in [-0.25, -0.2) is 0 Å². The quantitative estimate of drug-likeness (QED) is 0.633. The standard InChI is InChI=1S/C16H27NO3/c1-14-7-6-8-15(13-17-9-12-19-3)16(14)20-11-5-4-10-18-2/h6-8,17H,4-5,9-13H2,1-3H3. The molecular formula is C16H27NO3. The molecule has 0 saturated heterocycles. The average Bonchev–Trinajstić information content (AvgIpc) is 2.45. The van der Waals surface area contributed by atoms with E-state index in [-0.39, 0.29) is 0 Å². The predicted molar refractivity (Wildman–Crippen MR) is 81.4 cm³/mol. The smallest absolute Gasteiger partial charge is 0.126 e. The molecule has 114 valence electrons. The number of hydrogen-bond acceptors (Lipinski definition) is 4. The highest BCUT2D eigenvalue weighted by Crippen LogP contribution is 2.23. The number of unbranched alkanes of at least 4 members (excludes halogenated alkanes) is 1. The third kappa shape index (κ3) is 6.37. The number of hydrogen-bond donors (Lipinski definition) is 1. The first kappa shape index (κ1) is 17.0. The van der Waals surface area contributed by atoms with Crippen LogP contribution < -0.4 is 10.1 Å². The zero-order valence-electron chi connectivity index (χ0n) is 12.9. The van der Waals surface area contributed by atoms with Crippen LogP contribution in [0.3, 0.4) is 0 Å². The number of benzene rings is 1. The van der Waals surface area contributed by atoms with Gasteiger partial charge < -0.3 is 19.5 Å². The Bertz CT molecular complexity index is 369. The van der Waals surface area contributed by atoms with Gasteiger partial charge in [0.05, 0.1) is 13.2 Å². The summed E-state index contributed by atoms with van der Waals surface area (Å²) < 4.78 is 16.0. The second-order valence-electron chi connectivity index (χ2n) is 4.78. The minimum absolute atomic E-state index is 0.721. The predicted octanol–water partition coefficient (Wildman–Crippen LogP) is 2.54. The normalized spacial score (nSPS) is 10.8. The Morgan fingerprint density at radius 2 is 1.75 bits per heavy atom. The summed E-state index contributed by atoms with van der Waals surface area (Å²) in [7, 11) is 3.44. The van der Waals surface area contributed by atoms with E-state index in [4.69, 9.17) is 14.2 Å². The molecule has 1 N–H and O–H groups in total. The van der Waals surface area contributed by atoms with Gasteiger partial charge in [-0.2, -0.15) is 0 Å². The van der Waals surface area contributed by atoms with Crippen LogP contribution in [-0.4, -0.2) is 40.6 Å². The van der Waals surface area contributed by atoms with Crippen molar-refractivity contribution in [3.8, 4) is 5.75 Å². The van der Waals surface area contributed by atoms with Crippen LogP contribution in [0.1, 0.15) is 24.0 Å². The van der Waals surface area contributed by atoms with E-state index in [9.17, 15) is 0 Å². The maximum atomic E-state index is 5.94. The lowest BCUT2D eigenvalue weighted by atomic mass is 10.1. The maximum absolute atomic E-state index is 5.94. The minimum Gasteiger partial charge on any atom is -0.493 e. The fourth-order valence-electron chi connectivity index (χ4n) is 1.98. The molecule has 1 rings (SSSR count). The number of para-hydroxylation sites is 1. The van der Waals surface area contributed by atoms with Gasteiger partial charge in [-0.15, -0.1) is 0 Å². The van der Waals surface area contributed by atoms with Crippen molar-refractivity contribution in [2.45, 2.75) is 26.3 Å². The van der Waals surface area contributed by atoms with Gasteiger partial charge in [0.1, 0.15) is 5.75 Å². The molecule has 0 spiro atoms. The van der Waals surface area contributed by atoms with Gasteiger partial charge in [-0.05, 0) is 25.3 Å². The zero-order chi connectivity index (χ0) is 14.6. The van der Waals surface area contributed by atoms with Crippen molar-refractivity contribution in [1.29, 1.82) is 0 Å². The third-order valence-corrected chi connectivity index (χ3v) is 3.08. The van der Waals surface area contributed by atoms with E-state index < -0.39 is 0 Å². The fourth-order valence-corrected chi connectivity index (χ4v) is 1.98. The molecular weight excluding hydrogens is 254 g/mol. The molecule has 4 heteroatoms. The molecule has 4 nitrogen and oxygen atoms in total. The first-order valence-corrected chi connectivity index (χ1v) is 7.19. The van der Waals surface area contributed by atoms with Crippen LogP contribution in [0.4, 0.5) is 0 Å². The van der Waals surface area contributed by atoms with E-state index in [1.54, 1.807) is 14.2 Å². The summed E-state index contributed by atoms with van der Waals surface area (Å²) in [4.78, 5) is 0. The molecule has 0 aliphatic rings. The summed E-state index contributed by atoms with van der Waals surface area (Å²) in [5.41, 5.74) is 2.38. The van der Waals surface area contributed by atoms with Crippen molar-refractivity contribution in [2.24, 2.45) is 0 Å². The van der Waals surface area contributed by atoms with E-state index in [2.05, 4.69) is 30.4 Å². The van der Waals surface area contributed by atoms with Gasteiger partial charge in [-0.1, -0.05) is 18.2 Å². The molecule has 0 unspecified atom stereocenters. The molecule has 20 heavy (non-hydrogen) atoms. The largest absolute Gasteiger partial charge is 0.493 e. The minimum atomic E-state index is 0.721. The third-order valence-electron chi connectivity index (χ3n) is 3.08. The maximum Gasteiger partial charge on any atom is 0.126 e.